The molecule has 1 aliphatic rings. The molecule has 0 amide bonds. The third-order valence-corrected chi connectivity index (χ3v) is 2.83. The van der Waals surface area contributed by atoms with Crippen molar-refractivity contribution in [2.24, 2.45) is 0 Å². The molecule has 0 spiro atoms. The van der Waals surface area contributed by atoms with Gasteiger partial charge in [0.2, 0.25) is 0 Å². The number of nitriles is 1. The lowest BCUT2D eigenvalue weighted by atomic mass is 9.99. The summed E-state index contributed by atoms with van der Waals surface area (Å²) in [6, 6.07) is 10.6. The van der Waals surface area contributed by atoms with Crippen LogP contribution in [0.2, 0.25) is 0 Å². The van der Waals surface area contributed by atoms with E-state index in [0.29, 0.717) is 0 Å². The van der Waals surface area contributed by atoms with E-state index in [-0.39, 0.29) is 0 Å². The lowest BCUT2D eigenvalue weighted by Gasteiger charge is -2.32. The maximum Gasteiger partial charge on any atom is 0.0930 e. The maximum absolute atomic E-state index is 8.73. The summed E-state index contributed by atoms with van der Waals surface area (Å²) in [5, 5.41) is 8.73. The van der Waals surface area contributed by atoms with Crippen LogP contribution in [-0.2, 0) is 6.42 Å². The Bertz CT molecular complexity index is 426. The van der Waals surface area contributed by atoms with Gasteiger partial charge in [0.25, 0.3) is 0 Å². The third-order valence-electron chi connectivity index (χ3n) is 2.83. The molecule has 1 aromatic rings. The molecule has 0 radical (unpaired) electrons. The van der Waals surface area contributed by atoms with Crippen molar-refractivity contribution in [2.75, 3.05) is 11.4 Å². The topological polar surface area (TPSA) is 27.0 Å². The number of nitrogens with zero attached hydrogens (tertiary/aromatic N) is 2. The predicted molar refractivity (Wildman–Crippen MR) is 61.5 cm³/mol. The van der Waals surface area contributed by atoms with Gasteiger partial charge in [-0.15, -0.1) is 0 Å². The summed E-state index contributed by atoms with van der Waals surface area (Å²) >= 11 is 0. The van der Waals surface area contributed by atoms with Crippen molar-refractivity contribution < 1.29 is 0 Å². The highest BCUT2D eigenvalue weighted by molar-refractivity contribution is 5.61. The van der Waals surface area contributed by atoms with Crippen molar-refractivity contribution >= 4 is 5.69 Å². The Balaban J connectivity index is 2.44. The average molecular weight is 198 g/mol. The highest BCUT2D eigenvalue weighted by Crippen LogP contribution is 2.31. The number of hydrogen-bond acceptors (Lipinski definition) is 2. The molecule has 0 fully saturated rings. The van der Waals surface area contributed by atoms with Crippen LogP contribution in [0.4, 0.5) is 5.69 Å². The molecule has 2 nitrogen and oxygen atoms in total. The standard InChI is InChI=1S/C13H14N2/c1-2-15-12(9-10-14)8-7-11-5-3-4-6-13(11)15/h3-6,9H,2,7-8H2,1H3. The van der Waals surface area contributed by atoms with Gasteiger partial charge >= 0.3 is 0 Å². The molecule has 1 aliphatic heterocycles. The van der Waals surface area contributed by atoms with Crippen LogP contribution in [0.1, 0.15) is 18.9 Å². The molecule has 0 aliphatic carbocycles. The molecule has 0 N–H and O–H groups in total. The summed E-state index contributed by atoms with van der Waals surface area (Å²) < 4.78 is 0. The fraction of sp³-hybridized carbons (Fsp3) is 0.308. The van der Waals surface area contributed by atoms with Crippen LogP contribution in [0.25, 0.3) is 0 Å². The molecule has 2 rings (SSSR count). The summed E-state index contributed by atoms with van der Waals surface area (Å²) in [4.78, 5) is 2.22. The van der Waals surface area contributed by atoms with Gasteiger partial charge < -0.3 is 4.90 Å². The number of allylic oxidation sites excluding steroid dienone is 2. The summed E-state index contributed by atoms with van der Waals surface area (Å²) in [6.07, 6.45) is 3.68. The monoisotopic (exact) mass is 198 g/mol. The van der Waals surface area contributed by atoms with E-state index in [9.17, 15) is 0 Å². The van der Waals surface area contributed by atoms with E-state index >= 15 is 0 Å². The van der Waals surface area contributed by atoms with Crippen LogP contribution in [0.5, 0.6) is 0 Å². The van der Waals surface area contributed by atoms with Gasteiger partial charge in [0.15, 0.2) is 0 Å². The van der Waals surface area contributed by atoms with Crippen molar-refractivity contribution in [1.82, 2.24) is 0 Å². The smallest absolute Gasteiger partial charge is 0.0930 e. The van der Waals surface area contributed by atoms with E-state index in [1.165, 1.54) is 11.3 Å². The van der Waals surface area contributed by atoms with Gasteiger partial charge in [0.1, 0.15) is 0 Å². The van der Waals surface area contributed by atoms with Crippen LogP contribution >= 0.6 is 0 Å². The van der Waals surface area contributed by atoms with Crippen molar-refractivity contribution in [3.05, 3.63) is 41.6 Å². The van der Waals surface area contributed by atoms with Crippen molar-refractivity contribution in [2.45, 2.75) is 19.8 Å². The largest absolute Gasteiger partial charge is 0.344 e. The second-order valence-corrected chi connectivity index (χ2v) is 3.64. The molecule has 15 heavy (non-hydrogen) atoms. The Labute approximate surface area is 90.4 Å². The van der Waals surface area contributed by atoms with Gasteiger partial charge in [-0.05, 0) is 31.4 Å². The Morgan fingerprint density at radius 2 is 2.20 bits per heavy atom. The van der Waals surface area contributed by atoms with Crippen LogP contribution in [0.3, 0.4) is 0 Å². The Morgan fingerprint density at radius 1 is 1.40 bits per heavy atom. The minimum atomic E-state index is 0.921. The number of para-hydroxylation sites is 1. The number of anilines is 1. The minimum Gasteiger partial charge on any atom is -0.344 e. The summed E-state index contributed by atoms with van der Waals surface area (Å²) in [7, 11) is 0. The molecular weight excluding hydrogens is 184 g/mol. The fourth-order valence-corrected chi connectivity index (χ4v) is 2.14. The zero-order chi connectivity index (χ0) is 10.7. The molecule has 0 unspecified atom stereocenters. The van der Waals surface area contributed by atoms with Gasteiger partial charge in [-0.2, -0.15) is 5.26 Å². The lowest BCUT2D eigenvalue weighted by molar-refractivity contribution is 0.798. The second kappa shape index (κ2) is 4.18. The van der Waals surface area contributed by atoms with Gasteiger partial charge in [-0.3, -0.25) is 0 Å². The number of hydrogen-bond donors (Lipinski definition) is 0. The summed E-state index contributed by atoms with van der Waals surface area (Å²) in [5.41, 5.74) is 3.78. The fourth-order valence-electron chi connectivity index (χ4n) is 2.14. The highest BCUT2D eigenvalue weighted by atomic mass is 15.1. The third kappa shape index (κ3) is 1.73. The molecule has 0 saturated carbocycles. The van der Waals surface area contributed by atoms with Gasteiger partial charge in [0.05, 0.1) is 6.07 Å². The first-order valence-corrected chi connectivity index (χ1v) is 5.31. The molecule has 0 atom stereocenters. The number of benzene rings is 1. The zero-order valence-corrected chi connectivity index (χ0v) is 8.90. The molecule has 0 aromatic heterocycles. The zero-order valence-electron chi connectivity index (χ0n) is 8.90. The molecule has 2 heteroatoms. The van der Waals surface area contributed by atoms with Crippen molar-refractivity contribution in [3.8, 4) is 6.07 Å². The van der Waals surface area contributed by atoms with Crippen LogP contribution in [-0.4, -0.2) is 6.54 Å². The molecule has 1 heterocycles. The number of fused-ring (bicyclic) bond motifs is 1. The first kappa shape index (κ1) is 9.79. The normalized spacial score (nSPS) is 17.3. The highest BCUT2D eigenvalue weighted by Gasteiger charge is 2.18. The first-order chi connectivity index (χ1) is 7.36. The Morgan fingerprint density at radius 3 is 2.93 bits per heavy atom. The quantitative estimate of drug-likeness (QED) is 0.649. The summed E-state index contributed by atoms with van der Waals surface area (Å²) in [6.45, 7) is 3.04. The van der Waals surface area contributed by atoms with Gasteiger partial charge in [0, 0.05) is 24.0 Å². The van der Waals surface area contributed by atoms with Crippen LogP contribution in [0, 0.1) is 11.3 Å². The Kier molecular flexibility index (Phi) is 2.73. The second-order valence-electron chi connectivity index (χ2n) is 3.64. The molecule has 76 valence electrons. The number of rotatable bonds is 1. The van der Waals surface area contributed by atoms with Crippen molar-refractivity contribution in [1.29, 1.82) is 5.26 Å². The molecule has 0 saturated heterocycles. The summed E-state index contributed by atoms with van der Waals surface area (Å²) in [5.74, 6) is 0. The van der Waals surface area contributed by atoms with E-state index in [2.05, 4.69) is 42.2 Å². The first-order valence-electron chi connectivity index (χ1n) is 5.31. The van der Waals surface area contributed by atoms with E-state index in [1.807, 2.05) is 0 Å². The average Bonchev–Trinajstić information content (AvgIpc) is 2.29. The van der Waals surface area contributed by atoms with Crippen LogP contribution < -0.4 is 4.90 Å². The lowest BCUT2D eigenvalue weighted by Crippen LogP contribution is -2.26. The van der Waals surface area contributed by atoms with Crippen molar-refractivity contribution in [3.63, 3.8) is 0 Å². The van der Waals surface area contributed by atoms with Gasteiger partial charge in [-0.25, -0.2) is 0 Å². The van der Waals surface area contributed by atoms with E-state index in [4.69, 9.17) is 5.26 Å². The van der Waals surface area contributed by atoms with E-state index in [1.54, 1.807) is 6.08 Å². The molecule has 0 bridgehead atoms. The van der Waals surface area contributed by atoms with Crippen LogP contribution in [0.15, 0.2) is 36.0 Å². The Hall–Kier alpha value is -1.75. The van der Waals surface area contributed by atoms with E-state index in [0.717, 1.165) is 25.1 Å². The van der Waals surface area contributed by atoms with E-state index < -0.39 is 0 Å². The molecule has 1 aromatic carbocycles. The number of aryl methyl sites for hydroxylation is 1. The molecular formula is C13H14N2. The van der Waals surface area contributed by atoms with Gasteiger partial charge in [-0.1, -0.05) is 18.2 Å². The maximum atomic E-state index is 8.73. The predicted octanol–water partition coefficient (Wildman–Crippen LogP) is 2.87. The SMILES string of the molecule is CCN1C(=CC#N)CCc2ccccc21. The minimum absolute atomic E-state index is 0.921.